The summed E-state index contributed by atoms with van der Waals surface area (Å²) in [5, 5.41) is 12.6. The Balaban J connectivity index is 1.82. The van der Waals surface area contributed by atoms with Gasteiger partial charge in [-0.2, -0.15) is 0 Å². The number of amides is 2. The highest BCUT2D eigenvalue weighted by Crippen LogP contribution is 2.37. The van der Waals surface area contributed by atoms with Crippen LogP contribution in [0.25, 0.3) is 0 Å². The van der Waals surface area contributed by atoms with Crippen molar-refractivity contribution in [3.63, 3.8) is 0 Å². The molecule has 1 aliphatic carbocycles. The quantitative estimate of drug-likeness (QED) is 0.425. The average molecular weight is 501 g/mol. The maximum Gasteiger partial charge on any atom is 0.329 e. The topological polar surface area (TPSA) is 107 Å². The molecular weight excluding hydrogens is 464 g/mol. The molecule has 2 amide bonds. The van der Waals surface area contributed by atoms with E-state index in [1.807, 2.05) is 50.2 Å². The van der Waals surface area contributed by atoms with Crippen molar-refractivity contribution in [2.45, 2.75) is 51.0 Å². The molecule has 0 aromatic heterocycles. The van der Waals surface area contributed by atoms with Gasteiger partial charge >= 0.3 is 12.0 Å². The first kappa shape index (κ1) is 27.3. The number of hydrogen-bond donors (Lipinski definition) is 2. The van der Waals surface area contributed by atoms with Gasteiger partial charge in [-0.3, -0.25) is 0 Å². The van der Waals surface area contributed by atoms with Crippen LogP contribution in [0, 0.1) is 6.92 Å². The Morgan fingerprint density at radius 3 is 2.42 bits per heavy atom. The van der Waals surface area contributed by atoms with Gasteiger partial charge in [0.1, 0.15) is 17.0 Å². The number of hydrogen-bond acceptors (Lipinski definition) is 6. The van der Waals surface area contributed by atoms with Crippen molar-refractivity contribution in [1.29, 1.82) is 0 Å². The molecule has 1 atom stereocenters. The number of nitrogens with one attached hydrogen (secondary N) is 1. The Morgan fingerprint density at radius 2 is 1.83 bits per heavy atom. The molecule has 36 heavy (non-hydrogen) atoms. The summed E-state index contributed by atoms with van der Waals surface area (Å²) in [7, 11) is 4.69. The Hall–Kier alpha value is -3.30. The molecule has 1 aliphatic rings. The molecule has 0 aliphatic heterocycles. The van der Waals surface area contributed by atoms with E-state index in [0.29, 0.717) is 18.1 Å². The fourth-order valence-corrected chi connectivity index (χ4v) is 4.50. The highest BCUT2D eigenvalue weighted by Gasteiger charge is 2.52. The van der Waals surface area contributed by atoms with Gasteiger partial charge in [0.2, 0.25) is 0 Å². The van der Waals surface area contributed by atoms with Crippen molar-refractivity contribution in [3.05, 3.63) is 59.2 Å². The Kier molecular flexibility index (Phi) is 9.17. The van der Waals surface area contributed by atoms with Crippen molar-refractivity contribution in [2.24, 2.45) is 0 Å². The van der Waals surface area contributed by atoms with Crippen LogP contribution < -0.4 is 14.8 Å². The lowest BCUT2D eigenvalue weighted by Crippen LogP contribution is -2.66. The molecular formula is C27H36N2O7. The van der Waals surface area contributed by atoms with Gasteiger partial charge in [0, 0.05) is 32.6 Å². The number of carbonyl (C=O) groups excluding carboxylic acids is 1. The first-order valence-corrected chi connectivity index (χ1v) is 11.9. The number of rotatable bonds is 12. The molecule has 2 aromatic carbocycles. The zero-order valence-electron chi connectivity index (χ0n) is 21.6. The highest BCUT2D eigenvalue weighted by molar-refractivity contribution is 5.87. The molecule has 0 radical (unpaired) electrons. The molecule has 2 aromatic rings. The second-order valence-electron chi connectivity index (χ2n) is 9.03. The van der Waals surface area contributed by atoms with E-state index in [0.717, 1.165) is 16.7 Å². The normalized spacial score (nSPS) is 19.6. The number of benzene rings is 2. The van der Waals surface area contributed by atoms with E-state index in [2.05, 4.69) is 5.32 Å². The predicted molar refractivity (Wildman–Crippen MR) is 134 cm³/mol. The van der Waals surface area contributed by atoms with Crippen LogP contribution in [0.15, 0.2) is 42.5 Å². The van der Waals surface area contributed by atoms with E-state index >= 15 is 0 Å². The van der Waals surface area contributed by atoms with Crippen molar-refractivity contribution in [2.75, 3.05) is 34.5 Å². The van der Waals surface area contributed by atoms with E-state index in [-0.39, 0.29) is 32.1 Å². The van der Waals surface area contributed by atoms with Crippen LogP contribution in [0.2, 0.25) is 0 Å². The molecule has 0 saturated heterocycles. The summed E-state index contributed by atoms with van der Waals surface area (Å²) < 4.78 is 22.1. The van der Waals surface area contributed by atoms with Gasteiger partial charge in [0.15, 0.2) is 0 Å². The third-order valence-corrected chi connectivity index (χ3v) is 6.84. The van der Waals surface area contributed by atoms with E-state index in [4.69, 9.17) is 18.9 Å². The summed E-state index contributed by atoms with van der Waals surface area (Å²) in [6.07, 6.45) is 0.221. The van der Waals surface area contributed by atoms with Gasteiger partial charge in [-0.1, -0.05) is 30.3 Å². The van der Waals surface area contributed by atoms with Crippen LogP contribution in [0.4, 0.5) is 4.79 Å². The minimum atomic E-state index is -1.36. The zero-order chi connectivity index (χ0) is 26.3. The summed E-state index contributed by atoms with van der Waals surface area (Å²) in [4.78, 5) is 27.2. The standard InChI is InChI=1S/C27H36N2O7/c1-18-23(13-21(33-3)14-24(18)35-5)19(2)29(11-12-36-17-20-9-7-6-8-10-20)26(32)28-27(25(30)31)15-22(16-27)34-4/h6-10,13-14,19,22H,11-12,15-17H2,1-5H3,(H,28,32)(H,30,31). The predicted octanol–water partition coefficient (Wildman–Crippen LogP) is 3.93. The average Bonchev–Trinajstić information content (AvgIpc) is 2.86. The maximum absolute atomic E-state index is 13.5. The lowest BCUT2D eigenvalue weighted by atomic mass is 9.74. The summed E-state index contributed by atoms with van der Waals surface area (Å²) in [6.45, 7) is 4.74. The Labute approximate surface area is 212 Å². The molecule has 0 heterocycles. The van der Waals surface area contributed by atoms with Crippen LogP contribution in [0.3, 0.4) is 0 Å². The smallest absolute Gasteiger partial charge is 0.329 e. The molecule has 196 valence electrons. The van der Waals surface area contributed by atoms with Gasteiger partial charge in [0.25, 0.3) is 0 Å². The number of carboxylic acid groups (broad SMARTS) is 1. The van der Waals surface area contributed by atoms with E-state index in [1.165, 1.54) is 7.11 Å². The largest absolute Gasteiger partial charge is 0.497 e. The maximum atomic E-state index is 13.5. The van der Waals surface area contributed by atoms with Gasteiger partial charge in [0.05, 0.1) is 39.6 Å². The van der Waals surface area contributed by atoms with Crippen LogP contribution in [0.5, 0.6) is 11.5 Å². The Bertz CT molecular complexity index is 1040. The van der Waals surface area contributed by atoms with Gasteiger partial charge in [-0.25, -0.2) is 9.59 Å². The SMILES string of the molecule is COc1cc(OC)c(C)c(C(C)N(CCOCc2ccccc2)C(=O)NC2(C(=O)O)CC(OC)C2)c1. The van der Waals surface area contributed by atoms with Crippen molar-refractivity contribution >= 4 is 12.0 Å². The number of carboxylic acids is 1. The van der Waals surface area contributed by atoms with E-state index < -0.39 is 23.6 Å². The number of urea groups is 1. The summed E-state index contributed by atoms with van der Waals surface area (Å²) in [5.74, 6) is 0.168. The third-order valence-electron chi connectivity index (χ3n) is 6.84. The summed E-state index contributed by atoms with van der Waals surface area (Å²) >= 11 is 0. The minimum Gasteiger partial charge on any atom is -0.497 e. The molecule has 2 N–H and O–H groups in total. The lowest BCUT2D eigenvalue weighted by molar-refractivity contribution is -0.155. The minimum absolute atomic E-state index is 0.202. The molecule has 1 fully saturated rings. The van der Waals surface area contributed by atoms with E-state index in [9.17, 15) is 14.7 Å². The summed E-state index contributed by atoms with van der Waals surface area (Å²) in [6, 6.07) is 12.5. The lowest BCUT2D eigenvalue weighted by Gasteiger charge is -2.45. The monoisotopic (exact) mass is 500 g/mol. The van der Waals surface area contributed by atoms with Gasteiger partial charge < -0.3 is 34.3 Å². The number of methoxy groups -OCH3 is 3. The van der Waals surface area contributed by atoms with Crippen LogP contribution in [-0.4, -0.2) is 68.1 Å². The first-order valence-electron chi connectivity index (χ1n) is 11.9. The molecule has 0 spiro atoms. The van der Waals surface area contributed by atoms with Crippen LogP contribution >= 0.6 is 0 Å². The first-order chi connectivity index (χ1) is 17.2. The van der Waals surface area contributed by atoms with E-state index in [1.54, 1.807) is 25.2 Å². The zero-order valence-corrected chi connectivity index (χ0v) is 21.6. The number of aliphatic carboxylic acids is 1. The van der Waals surface area contributed by atoms with Crippen LogP contribution in [-0.2, 0) is 20.9 Å². The van der Waals surface area contributed by atoms with Gasteiger partial charge in [-0.05, 0) is 36.6 Å². The highest BCUT2D eigenvalue weighted by atomic mass is 16.5. The molecule has 1 unspecified atom stereocenters. The molecule has 0 bridgehead atoms. The Morgan fingerprint density at radius 1 is 1.14 bits per heavy atom. The van der Waals surface area contributed by atoms with Gasteiger partial charge in [-0.15, -0.1) is 0 Å². The molecule has 9 heteroatoms. The fraction of sp³-hybridized carbons (Fsp3) is 0.481. The second-order valence-corrected chi connectivity index (χ2v) is 9.03. The van der Waals surface area contributed by atoms with Crippen molar-refractivity contribution < 1.29 is 33.6 Å². The fourth-order valence-electron chi connectivity index (χ4n) is 4.50. The number of nitrogens with zero attached hydrogens (tertiary/aromatic N) is 1. The summed E-state index contributed by atoms with van der Waals surface area (Å²) in [5.41, 5.74) is 1.36. The number of carbonyl (C=O) groups is 2. The second kappa shape index (κ2) is 12.1. The third kappa shape index (κ3) is 6.09. The molecule has 3 rings (SSSR count). The molecule has 9 nitrogen and oxygen atoms in total. The number of ether oxygens (including phenoxy) is 4. The van der Waals surface area contributed by atoms with Crippen molar-refractivity contribution in [1.82, 2.24) is 10.2 Å². The molecule has 1 saturated carbocycles. The van der Waals surface area contributed by atoms with Crippen LogP contribution in [0.1, 0.15) is 42.5 Å². The van der Waals surface area contributed by atoms with Crippen molar-refractivity contribution in [3.8, 4) is 11.5 Å².